The summed E-state index contributed by atoms with van der Waals surface area (Å²) in [5.74, 6) is -6.92. The van der Waals surface area contributed by atoms with E-state index in [1.165, 1.54) is 12.1 Å². The topological polar surface area (TPSA) is 55.8 Å². The number of unbranched alkanes of at least 4 members (excludes halogenated alkanes) is 1. The number of carbonyl (C=O) groups excluding carboxylic acids is 1. The Bertz CT molecular complexity index is 1270. The molecular weight excluding hydrogens is 531 g/mol. The molecule has 0 aliphatic heterocycles. The fourth-order valence-corrected chi connectivity index (χ4v) is 4.18. The van der Waals surface area contributed by atoms with Gasteiger partial charge in [0.25, 0.3) is 0 Å². The smallest absolute Gasteiger partial charge is 0.349 e. The molecule has 3 rings (SSSR count). The first-order valence-electron chi connectivity index (χ1n) is 13.3. The van der Waals surface area contributed by atoms with Crippen molar-refractivity contribution in [1.29, 1.82) is 0 Å². The molecule has 0 radical (unpaired) electrons. The number of aliphatic hydroxyl groups is 1. The maximum Gasteiger partial charge on any atom is 0.349 e. The van der Waals surface area contributed by atoms with Gasteiger partial charge in [0.1, 0.15) is 28.8 Å². The zero-order valence-electron chi connectivity index (χ0n) is 22.5. The number of hydrogen-bond acceptors (Lipinski definition) is 4. The molecule has 0 heterocycles. The van der Waals surface area contributed by atoms with Gasteiger partial charge in [-0.05, 0) is 85.5 Å². The van der Waals surface area contributed by atoms with E-state index in [0.717, 1.165) is 68.7 Å². The quantitative estimate of drug-likeness (QED) is 0.0940. The normalized spacial score (nSPS) is 12.8. The van der Waals surface area contributed by atoms with Crippen molar-refractivity contribution in [3.05, 3.63) is 88.7 Å². The molecule has 0 saturated heterocycles. The standard InChI is InChI=1S/C31H33F5O4/c1-3-4-12-39-13-11-19(2)5-7-22(37)14-20-15-28(35)30(29(36)16-20)31(38)40-23-8-9-24(26(33)18-23)21-6-10-25(32)27(34)17-21/h6,8-10,15-19,22,37H,3-5,7,11-14H2,1-2H3. The van der Waals surface area contributed by atoms with E-state index in [0.29, 0.717) is 18.9 Å². The highest BCUT2D eigenvalue weighted by atomic mass is 19.2. The van der Waals surface area contributed by atoms with E-state index in [2.05, 4.69) is 13.8 Å². The Morgan fingerprint density at radius 3 is 2.20 bits per heavy atom. The molecule has 0 saturated carbocycles. The van der Waals surface area contributed by atoms with Gasteiger partial charge >= 0.3 is 5.97 Å². The van der Waals surface area contributed by atoms with Crippen LogP contribution in [0.4, 0.5) is 22.0 Å². The van der Waals surface area contributed by atoms with E-state index in [9.17, 15) is 31.9 Å². The number of carbonyl (C=O) groups is 1. The lowest BCUT2D eigenvalue weighted by atomic mass is 9.96. The first-order valence-corrected chi connectivity index (χ1v) is 13.3. The lowest BCUT2D eigenvalue weighted by Crippen LogP contribution is -2.16. The van der Waals surface area contributed by atoms with Gasteiger partial charge in [0, 0.05) is 24.8 Å². The summed E-state index contributed by atoms with van der Waals surface area (Å²) in [6, 6.07) is 7.89. The van der Waals surface area contributed by atoms with Crippen molar-refractivity contribution in [1.82, 2.24) is 0 Å². The van der Waals surface area contributed by atoms with Gasteiger partial charge in [-0.15, -0.1) is 0 Å². The van der Waals surface area contributed by atoms with Crippen LogP contribution in [0.15, 0.2) is 48.5 Å². The van der Waals surface area contributed by atoms with Gasteiger partial charge in [0.15, 0.2) is 11.6 Å². The van der Waals surface area contributed by atoms with Crippen molar-refractivity contribution in [2.75, 3.05) is 13.2 Å². The number of halogens is 5. The molecule has 2 unspecified atom stereocenters. The van der Waals surface area contributed by atoms with Gasteiger partial charge in [0.2, 0.25) is 0 Å². The molecule has 0 aromatic heterocycles. The van der Waals surface area contributed by atoms with Crippen LogP contribution in [0.5, 0.6) is 5.75 Å². The van der Waals surface area contributed by atoms with Crippen molar-refractivity contribution in [2.45, 2.75) is 58.5 Å². The molecule has 0 amide bonds. The maximum absolute atomic E-state index is 14.7. The van der Waals surface area contributed by atoms with Crippen molar-refractivity contribution < 1.29 is 41.3 Å². The van der Waals surface area contributed by atoms with Gasteiger partial charge in [-0.25, -0.2) is 26.7 Å². The van der Waals surface area contributed by atoms with E-state index in [4.69, 9.17) is 9.47 Å². The van der Waals surface area contributed by atoms with Crippen molar-refractivity contribution >= 4 is 5.97 Å². The van der Waals surface area contributed by atoms with Crippen LogP contribution in [0.3, 0.4) is 0 Å². The monoisotopic (exact) mass is 564 g/mol. The fourth-order valence-electron chi connectivity index (χ4n) is 4.18. The predicted octanol–water partition coefficient (Wildman–Crippen LogP) is 7.79. The number of ether oxygens (including phenoxy) is 2. The van der Waals surface area contributed by atoms with Gasteiger partial charge in [-0.2, -0.15) is 0 Å². The van der Waals surface area contributed by atoms with Gasteiger partial charge in [0.05, 0.1) is 6.10 Å². The molecule has 4 nitrogen and oxygen atoms in total. The Labute approximate surface area is 230 Å². The minimum absolute atomic E-state index is 0.000456. The second-order valence-electron chi connectivity index (χ2n) is 9.89. The summed E-state index contributed by atoms with van der Waals surface area (Å²) in [6.07, 6.45) is 3.28. The molecule has 1 N–H and O–H groups in total. The number of rotatable bonds is 14. The summed E-state index contributed by atoms with van der Waals surface area (Å²) in [7, 11) is 0. The molecule has 2 atom stereocenters. The van der Waals surface area contributed by atoms with E-state index in [1.54, 1.807) is 0 Å². The van der Waals surface area contributed by atoms with Crippen molar-refractivity contribution in [2.24, 2.45) is 5.92 Å². The molecule has 0 bridgehead atoms. The van der Waals surface area contributed by atoms with Crippen LogP contribution in [-0.2, 0) is 11.2 Å². The minimum Gasteiger partial charge on any atom is -0.423 e. The third-order valence-electron chi connectivity index (χ3n) is 6.55. The third-order valence-corrected chi connectivity index (χ3v) is 6.55. The summed E-state index contributed by atoms with van der Waals surface area (Å²) in [6.45, 7) is 5.53. The molecule has 3 aromatic carbocycles. The highest BCUT2D eigenvalue weighted by Crippen LogP contribution is 2.28. The Balaban J connectivity index is 1.58. The Kier molecular flexibility index (Phi) is 11.6. The molecular formula is C31H33F5O4. The van der Waals surface area contributed by atoms with Gasteiger partial charge in [-0.1, -0.05) is 26.3 Å². The van der Waals surface area contributed by atoms with E-state index >= 15 is 0 Å². The molecule has 216 valence electrons. The lowest BCUT2D eigenvalue weighted by molar-refractivity contribution is 0.0724. The van der Waals surface area contributed by atoms with Crippen LogP contribution in [0.1, 0.15) is 61.9 Å². The average Bonchev–Trinajstić information content (AvgIpc) is 2.89. The summed E-state index contributed by atoms with van der Waals surface area (Å²) in [5, 5.41) is 10.4. The van der Waals surface area contributed by atoms with Crippen LogP contribution >= 0.6 is 0 Å². The zero-order valence-corrected chi connectivity index (χ0v) is 22.5. The predicted molar refractivity (Wildman–Crippen MR) is 142 cm³/mol. The molecule has 9 heteroatoms. The highest BCUT2D eigenvalue weighted by molar-refractivity contribution is 5.91. The summed E-state index contributed by atoms with van der Waals surface area (Å²) in [4.78, 5) is 12.5. The van der Waals surface area contributed by atoms with Crippen LogP contribution in [0.2, 0.25) is 0 Å². The fraction of sp³-hybridized carbons (Fsp3) is 0.387. The second kappa shape index (κ2) is 14.9. The first-order chi connectivity index (χ1) is 19.1. The maximum atomic E-state index is 14.7. The van der Waals surface area contributed by atoms with E-state index < -0.39 is 46.7 Å². The van der Waals surface area contributed by atoms with Gasteiger partial charge < -0.3 is 14.6 Å². The third kappa shape index (κ3) is 8.86. The second-order valence-corrected chi connectivity index (χ2v) is 9.89. The van der Waals surface area contributed by atoms with Crippen LogP contribution in [-0.4, -0.2) is 30.4 Å². The Morgan fingerprint density at radius 2 is 1.55 bits per heavy atom. The minimum atomic E-state index is -1.38. The van der Waals surface area contributed by atoms with Gasteiger partial charge in [-0.3, -0.25) is 0 Å². The van der Waals surface area contributed by atoms with E-state index in [1.807, 2.05) is 0 Å². The molecule has 0 aliphatic carbocycles. The average molecular weight is 565 g/mol. The number of benzene rings is 3. The largest absolute Gasteiger partial charge is 0.423 e. The number of hydrogen-bond donors (Lipinski definition) is 1. The summed E-state index contributed by atoms with van der Waals surface area (Å²) in [5.41, 5.74) is -0.819. The van der Waals surface area contributed by atoms with Crippen molar-refractivity contribution in [3.8, 4) is 16.9 Å². The first kappa shape index (κ1) is 31.2. The SMILES string of the molecule is CCCCOCCC(C)CCC(O)Cc1cc(F)c(C(=O)Oc2ccc(-c3ccc(F)c(F)c3)c(F)c2)c(F)c1. The molecule has 3 aromatic rings. The molecule has 0 fully saturated rings. The highest BCUT2D eigenvalue weighted by Gasteiger charge is 2.22. The molecule has 0 aliphatic rings. The Morgan fingerprint density at radius 1 is 0.825 bits per heavy atom. The van der Waals surface area contributed by atoms with E-state index in [-0.39, 0.29) is 28.9 Å². The number of aliphatic hydroxyl groups excluding tert-OH is 1. The number of esters is 1. The summed E-state index contributed by atoms with van der Waals surface area (Å²) >= 11 is 0. The van der Waals surface area contributed by atoms with Crippen LogP contribution < -0.4 is 4.74 Å². The lowest BCUT2D eigenvalue weighted by Gasteiger charge is -2.16. The molecule has 40 heavy (non-hydrogen) atoms. The summed E-state index contributed by atoms with van der Waals surface area (Å²) < 4.78 is 81.2. The zero-order chi connectivity index (χ0) is 29.2. The van der Waals surface area contributed by atoms with Crippen LogP contribution in [0.25, 0.3) is 11.1 Å². The van der Waals surface area contributed by atoms with Crippen molar-refractivity contribution in [3.63, 3.8) is 0 Å². The Hall–Kier alpha value is -3.30. The molecule has 0 spiro atoms. The van der Waals surface area contributed by atoms with Crippen LogP contribution in [0, 0.1) is 35.0 Å².